The molecular formula is C13H25NO2. The van der Waals surface area contributed by atoms with Crippen LogP contribution in [0.1, 0.15) is 39.0 Å². The summed E-state index contributed by atoms with van der Waals surface area (Å²) in [6.07, 6.45) is 6.20. The molecule has 0 aromatic rings. The Hall–Kier alpha value is -0.120. The number of nitrogens with one attached hydrogen (secondary N) is 1. The Morgan fingerprint density at radius 3 is 2.50 bits per heavy atom. The highest BCUT2D eigenvalue weighted by molar-refractivity contribution is 5.00. The van der Waals surface area contributed by atoms with Crippen molar-refractivity contribution >= 4 is 0 Å². The molecule has 0 aromatic heterocycles. The predicted octanol–water partition coefficient (Wildman–Crippen LogP) is 1.96. The number of ether oxygens (including phenoxy) is 2. The lowest BCUT2D eigenvalue weighted by atomic mass is 9.70. The molecule has 0 spiro atoms. The molecule has 1 N–H and O–H groups in total. The first-order valence-corrected chi connectivity index (χ1v) is 6.71. The zero-order valence-electron chi connectivity index (χ0n) is 10.6. The maximum atomic E-state index is 6.14. The molecule has 3 nitrogen and oxygen atoms in total. The molecule has 94 valence electrons. The molecule has 1 aliphatic heterocycles. The fourth-order valence-corrected chi connectivity index (χ4v) is 3.25. The molecule has 2 rings (SSSR count). The second-order valence-corrected chi connectivity index (χ2v) is 5.07. The summed E-state index contributed by atoms with van der Waals surface area (Å²) >= 11 is 0. The van der Waals surface area contributed by atoms with Gasteiger partial charge in [0.25, 0.3) is 0 Å². The van der Waals surface area contributed by atoms with E-state index in [9.17, 15) is 0 Å². The molecule has 0 bridgehead atoms. The summed E-state index contributed by atoms with van der Waals surface area (Å²) in [4.78, 5) is 0. The first-order valence-electron chi connectivity index (χ1n) is 6.71. The zero-order chi connectivity index (χ0) is 11.4. The third kappa shape index (κ3) is 2.27. The normalized spacial score (nSPS) is 27.4. The first-order chi connectivity index (χ1) is 7.82. The lowest BCUT2D eigenvalue weighted by Crippen LogP contribution is -2.59. The summed E-state index contributed by atoms with van der Waals surface area (Å²) in [5.41, 5.74) is 0.0346. The largest absolute Gasteiger partial charge is 0.381 e. The second kappa shape index (κ2) is 5.48. The van der Waals surface area contributed by atoms with Gasteiger partial charge in [-0.3, -0.25) is 0 Å². The summed E-state index contributed by atoms with van der Waals surface area (Å²) in [6.45, 7) is 4.62. The van der Waals surface area contributed by atoms with Crippen molar-refractivity contribution in [3.63, 3.8) is 0 Å². The van der Waals surface area contributed by atoms with Crippen molar-refractivity contribution in [1.29, 1.82) is 0 Å². The fourth-order valence-electron chi connectivity index (χ4n) is 3.25. The molecule has 1 unspecified atom stereocenters. The van der Waals surface area contributed by atoms with Crippen LogP contribution < -0.4 is 5.32 Å². The summed E-state index contributed by atoms with van der Waals surface area (Å²) in [5, 5.41) is 3.52. The zero-order valence-corrected chi connectivity index (χ0v) is 10.6. The fraction of sp³-hybridized carbons (Fsp3) is 1.00. The van der Waals surface area contributed by atoms with Crippen LogP contribution in [0.3, 0.4) is 0 Å². The summed E-state index contributed by atoms with van der Waals surface area (Å²) in [7, 11) is 2.08. The lowest BCUT2D eigenvalue weighted by Gasteiger charge is -2.48. The van der Waals surface area contributed by atoms with Crippen LogP contribution in [0.15, 0.2) is 0 Å². The van der Waals surface area contributed by atoms with E-state index in [0.717, 1.165) is 38.6 Å². The second-order valence-electron chi connectivity index (χ2n) is 5.07. The van der Waals surface area contributed by atoms with Crippen LogP contribution in [0.25, 0.3) is 0 Å². The van der Waals surface area contributed by atoms with Gasteiger partial charge in [0, 0.05) is 38.7 Å². The van der Waals surface area contributed by atoms with Crippen LogP contribution in [0.2, 0.25) is 0 Å². The van der Waals surface area contributed by atoms with Gasteiger partial charge in [-0.2, -0.15) is 0 Å². The topological polar surface area (TPSA) is 30.5 Å². The van der Waals surface area contributed by atoms with Crippen LogP contribution >= 0.6 is 0 Å². The van der Waals surface area contributed by atoms with E-state index < -0.39 is 0 Å². The Kier molecular flexibility index (Phi) is 4.22. The number of hydrogen-bond acceptors (Lipinski definition) is 3. The molecule has 1 saturated carbocycles. The quantitative estimate of drug-likeness (QED) is 0.779. The highest BCUT2D eigenvalue weighted by Crippen LogP contribution is 2.39. The van der Waals surface area contributed by atoms with Crippen molar-refractivity contribution in [2.24, 2.45) is 5.92 Å². The van der Waals surface area contributed by atoms with Gasteiger partial charge < -0.3 is 14.8 Å². The van der Waals surface area contributed by atoms with Crippen LogP contribution in [0, 0.1) is 5.92 Å². The molecule has 2 aliphatic rings. The van der Waals surface area contributed by atoms with E-state index in [2.05, 4.69) is 19.3 Å². The van der Waals surface area contributed by atoms with Crippen molar-refractivity contribution in [2.75, 3.05) is 26.9 Å². The van der Waals surface area contributed by atoms with Gasteiger partial charge in [-0.25, -0.2) is 0 Å². The summed E-state index contributed by atoms with van der Waals surface area (Å²) < 4.78 is 11.6. The van der Waals surface area contributed by atoms with Crippen LogP contribution in [0.5, 0.6) is 0 Å². The van der Waals surface area contributed by atoms with Crippen LogP contribution in [-0.2, 0) is 9.47 Å². The Morgan fingerprint density at radius 1 is 1.38 bits per heavy atom. The monoisotopic (exact) mass is 227 g/mol. The Balaban J connectivity index is 2.07. The van der Waals surface area contributed by atoms with E-state index in [1.54, 1.807) is 0 Å². The van der Waals surface area contributed by atoms with Crippen LogP contribution in [0.4, 0.5) is 0 Å². The minimum absolute atomic E-state index is 0.0346. The molecule has 1 atom stereocenters. The first kappa shape index (κ1) is 12.3. The molecule has 1 aliphatic carbocycles. The van der Waals surface area contributed by atoms with Gasteiger partial charge in [0.15, 0.2) is 0 Å². The maximum Gasteiger partial charge on any atom is 0.0880 e. The van der Waals surface area contributed by atoms with Crippen molar-refractivity contribution in [2.45, 2.75) is 50.7 Å². The van der Waals surface area contributed by atoms with E-state index in [-0.39, 0.29) is 5.60 Å². The maximum absolute atomic E-state index is 6.14. The third-order valence-electron chi connectivity index (χ3n) is 4.27. The molecule has 0 amide bonds. The number of likely N-dealkylation sites (N-methyl/N-ethyl adjacent to an activating group) is 1. The predicted molar refractivity (Wildman–Crippen MR) is 64.6 cm³/mol. The minimum atomic E-state index is 0.0346. The third-order valence-corrected chi connectivity index (χ3v) is 4.27. The highest BCUT2D eigenvalue weighted by atomic mass is 16.5. The summed E-state index contributed by atoms with van der Waals surface area (Å²) in [5.74, 6) is 0.814. The Bertz CT molecular complexity index is 204. The van der Waals surface area contributed by atoms with E-state index in [1.165, 1.54) is 19.3 Å². The van der Waals surface area contributed by atoms with Gasteiger partial charge in [0.05, 0.1) is 5.60 Å². The smallest absolute Gasteiger partial charge is 0.0880 e. The lowest BCUT2D eigenvalue weighted by molar-refractivity contribution is -0.140. The van der Waals surface area contributed by atoms with Crippen molar-refractivity contribution in [3.8, 4) is 0 Å². The standard InChI is InChI=1S/C13H25NO2/c1-3-16-13(7-9-15-10-8-13)12(14-2)11-5-4-6-11/h11-12,14H,3-10H2,1-2H3. The van der Waals surface area contributed by atoms with Gasteiger partial charge in [0.1, 0.15) is 0 Å². The van der Waals surface area contributed by atoms with Gasteiger partial charge in [-0.05, 0) is 32.7 Å². The average molecular weight is 227 g/mol. The van der Waals surface area contributed by atoms with E-state index in [4.69, 9.17) is 9.47 Å². The van der Waals surface area contributed by atoms with E-state index >= 15 is 0 Å². The summed E-state index contributed by atoms with van der Waals surface area (Å²) in [6, 6.07) is 0.519. The molecule has 1 heterocycles. The van der Waals surface area contributed by atoms with Crippen LogP contribution in [-0.4, -0.2) is 38.5 Å². The molecule has 2 fully saturated rings. The van der Waals surface area contributed by atoms with Crippen molar-refractivity contribution in [3.05, 3.63) is 0 Å². The van der Waals surface area contributed by atoms with E-state index in [0.29, 0.717) is 6.04 Å². The van der Waals surface area contributed by atoms with Gasteiger partial charge in [-0.15, -0.1) is 0 Å². The van der Waals surface area contributed by atoms with Crippen molar-refractivity contribution < 1.29 is 9.47 Å². The molecule has 1 saturated heterocycles. The minimum Gasteiger partial charge on any atom is -0.381 e. The highest BCUT2D eigenvalue weighted by Gasteiger charge is 2.45. The van der Waals surface area contributed by atoms with Gasteiger partial charge in [-0.1, -0.05) is 6.42 Å². The number of hydrogen-bond donors (Lipinski definition) is 1. The molecule has 0 radical (unpaired) electrons. The Morgan fingerprint density at radius 2 is 2.06 bits per heavy atom. The average Bonchev–Trinajstić information content (AvgIpc) is 2.24. The Labute approximate surface area is 98.9 Å². The van der Waals surface area contributed by atoms with Gasteiger partial charge >= 0.3 is 0 Å². The molecule has 3 heteroatoms. The SMILES string of the molecule is CCOC1(C(NC)C2CCC2)CCOCC1. The van der Waals surface area contributed by atoms with Crippen molar-refractivity contribution in [1.82, 2.24) is 5.32 Å². The molecule has 0 aromatic carbocycles. The molecular weight excluding hydrogens is 202 g/mol. The molecule has 16 heavy (non-hydrogen) atoms. The van der Waals surface area contributed by atoms with E-state index in [1.807, 2.05) is 0 Å². The van der Waals surface area contributed by atoms with Gasteiger partial charge in [0.2, 0.25) is 0 Å². The number of rotatable bonds is 5.